The maximum absolute atomic E-state index is 12.9. The van der Waals surface area contributed by atoms with Gasteiger partial charge in [-0.3, -0.25) is 5.41 Å². The van der Waals surface area contributed by atoms with Crippen molar-refractivity contribution in [3.63, 3.8) is 0 Å². The quantitative estimate of drug-likeness (QED) is 0.227. The molecule has 0 atom stereocenters. The molecular weight excluding hydrogens is 251 g/mol. The van der Waals surface area contributed by atoms with Crippen molar-refractivity contribution in [3.05, 3.63) is 30.1 Å². The Hall–Kier alpha value is -1.70. The molecule has 0 unspecified atom stereocenters. The van der Waals surface area contributed by atoms with Crippen LogP contribution in [0.25, 0.3) is 0 Å². The van der Waals surface area contributed by atoms with Gasteiger partial charge in [0.05, 0.1) is 5.69 Å². The number of hydrogen-bond donors (Lipinski definition) is 3. The third-order valence-electron chi connectivity index (χ3n) is 2.44. The van der Waals surface area contributed by atoms with Gasteiger partial charge in [0.1, 0.15) is 5.82 Å². The molecule has 1 aromatic rings. The topological polar surface area (TPSA) is 97.6 Å². The Labute approximate surface area is 111 Å². The van der Waals surface area contributed by atoms with Crippen molar-refractivity contribution in [1.82, 2.24) is 0 Å². The second-order valence-corrected chi connectivity index (χ2v) is 3.71. The van der Waals surface area contributed by atoms with Crippen molar-refractivity contribution >= 4 is 11.5 Å². The second-order valence-electron chi connectivity index (χ2n) is 3.71. The highest BCUT2D eigenvalue weighted by atomic mass is 19.1. The molecule has 0 aliphatic heterocycles. The first-order valence-electron chi connectivity index (χ1n) is 5.90. The van der Waals surface area contributed by atoms with Crippen LogP contribution in [0.1, 0.15) is 13.8 Å². The predicted molar refractivity (Wildman–Crippen MR) is 71.0 cm³/mol. The van der Waals surface area contributed by atoms with Gasteiger partial charge >= 0.3 is 5.91 Å². The zero-order valence-corrected chi connectivity index (χ0v) is 11.0. The molecule has 0 amide bonds. The Kier molecular flexibility index (Phi) is 5.22. The van der Waals surface area contributed by atoms with Gasteiger partial charge in [0.15, 0.2) is 5.84 Å². The molecule has 0 aliphatic rings. The summed E-state index contributed by atoms with van der Waals surface area (Å²) in [5.41, 5.74) is 5.96. The molecular formula is C12H19FN4O2. The maximum Gasteiger partial charge on any atom is 0.326 e. The summed E-state index contributed by atoms with van der Waals surface area (Å²) in [6, 6.07) is 5.39. The van der Waals surface area contributed by atoms with E-state index >= 15 is 0 Å². The zero-order valence-electron chi connectivity index (χ0n) is 11.0. The van der Waals surface area contributed by atoms with E-state index in [1.807, 2.05) is 0 Å². The smallest absolute Gasteiger partial charge is 0.326 e. The van der Waals surface area contributed by atoms with Crippen LogP contribution in [0.5, 0.6) is 0 Å². The summed E-state index contributed by atoms with van der Waals surface area (Å²) in [7, 11) is 0. The van der Waals surface area contributed by atoms with Gasteiger partial charge < -0.3 is 15.2 Å². The molecule has 6 nitrogen and oxygen atoms in total. The highest BCUT2D eigenvalue weighted by Crippen LogP contribution is 2.24. The number of ether oxygens (including phenoxy) is 2. The third kappa shape index (κ3) is 3.19. The summed E-state index contributed by atoms with van der Waals surface area (Å²) in [6.07, 6.45) is 0. The van der Waals surface area contributed by atoms with Gasteiger partial charge in [0.25, 0.3) is 0 Å². The van der Waals surface area contributed by atoms with Gasteiger partial charge in [-0.1, -0.05) is 0 Å². The summed E-state index contributed by atoms with van der Waals surface area (Å²) in [6.45, 7) is 3.95. The lowest BCUT2D eigenvalue weighted by molar-refractivity contribution is -0.185. The monoisotopic (exact) mass is 270 g/mol. The molecule has 7 heteroatoms. The minimum Gasteiger partial charge on any atom is -0.381 e. The average Bonchev–Trinajstić information content (AvgIpc) is 2.38. The first kappa shape index (κ1) is 15.4. The summed E-state index contributed by atoms with van der Waals surface area (Å²) < 4.78 is 23.7. The van der Waals surface area contributed by atoms with Crippen LogP contribution < -0.4 is 16.6 Å². The number of nitrogens with one attached hydrogen (secondary N) is 1. The van der Waals surface area contributed by atoms with Crippen LogP contribution in [0.15, 0.2) is 24.3 Å². The lowest BCUT2D eigenvalue weighted by atomic mass is 10.2. The van der Waals surface area contributed by atoms with Crippen LogP contribution in [0.4, 0.5) is 10.1 Å². The lowest BCUT2D eigenvalue weighted by Gasteiger charge is -2.39. The molecule has 0 saturated heterocycles. The van der Waals surface area contributed by atoms with Crippen molar-refractivity contribution in [2.45, 2.75) is 19.8 Å². The molecule has 0 bridgehead atoms. The summed E-state index contributed by atoms with van der Waals surface area (Å²) in [5.74, 6) is 3.47. The van der Waals surface area contributed by atoms with E-state index in [0.29, 0.717) is 5.69 Å². The summed E-state index contributed by atoms with van der Waals surface area (Å²) in [5, 5.41) is 8.73. The Morgan fingerprint density at radius 1 is 1.26 bits per heavy atom. The van der Waals surface area contributed by atoms with Crippen LogP contribution in [0, 0.1) is 11.2 Å². The normalized spacial score (nSPS) is 11.4. The molecule has 19 heavy (non-hydrogen) atoms. The molecule has 0 aromatic heterocycles. The number of rotatable bonds is 7. The highest BCUT2D eigenvalue weighted by molar-refractivity contribution is 5.87. The maximum atomic E-state index is 12.9. The van der Waals surface area contributed by atoms with Crippen molar-refractivity contribution in [2.24, 2.45) is 11.6 Å². The van der Waals surface area contributed by atoms with Gasteiger partial charge in [-0.15, -0.1) is 0 Å². The van der Waals surface area contributed by atoms with Crippen molar-refractivity contribution < 1.29 is 13.9 Å². The first-order valence-corrected chi connectivity index (χ1v) is 5.90. The van der Waals surface area contributed by atoms with Gasteiger partial charge in [0.2, 0.25) is 0 Å². The molecule has 0 saturated carbocycles. The summed E-state index contributed by atoms with van der Waals surface area (Å²) >= 11 is 0. The number of hydrogen-bond acceptors (Lipinski definition) is 5. The molecule has 1 aromatic carbocycles. The first-order chi connectivity index (χ1) is 8.97. The standard InChI is InChI=1S/C12H19FN4O2/c1-3-18-12(11(14)15,19-4-2)17(16)10-7-5-9(13)6-8-10/h5-8H,3-4,16H2,1-2H3,(H3,14,15). The van der Waals surface area contributed by atoms with Crippen LogP contribution in [0.3, 0.4) is 0 Å². The third-order valence-corrected chi connectivity index (χ3v) is 2.44. The van der Waals surface area contributed by atoms with Crippen molar-refractivity contribution in [1.29, 1.82) is 5.41 Å². The van der Waals surface area contributed by atoms with Crippen molar-refractivity contribution in [2.75, 3.05) is 18.2 Å². The van der Waals surface area contributed by atoms with E-state index in [4.69, 9.17) is 26.5 Å². The molecule has 1 rings (SSSR count). The fourth-order valence-electron chi connectivity index (χ4n) is 1.63. The molecule has 0 heterocycles. The number of benzene rings is 1. The summed E-state index contributed by atoms with van der Waals surface area (Å²) in [4.78, 5) is 0. The van der Waals surface area contributed by atoms with E-state index < -0.39 is 11.7 Å². The SMILES string of the molecule is CCOC(OCC)(C(=N)N)N(N)c1ccc(F)cc1. The van der Waals surface area contributed by atoms with Gasteiger partial charge in [-0.05, 0) is 38.1 Å². The Balaban J connectivity index is 3.15. The van der Waals surface area contributed by atoms with Crippen LogP contribution in [-0.2, 0) is 9.47 Å². The lowest BCUT2D eigenvalue weighted by Crippen LogP contribution is -2.64. The van der Waals surface area contributed by atoms with E-state index in [0.717, 1.165) is 5.01 Å². The Morgan fingerprint density at radius 2 is 1.74 bits per heavy atom. The molecule has 0 fully saturated rings. The van der Waals surface area contributed by atoms with Gasteiger partial charge in [0, 0.05) is 13.2 Å². The Bertz CT molecular complexity index is 418. The molecule has 106 valence electrons. The fourth-order valence-corrected chi connectivity index (χ4v) is 1.63. The highest BCUT2D eigenvalue weighted by Gasteiger charge is 2.42. The molecule has 0 aliphatic carbocycles. The fraction of sp³-hybridized carbons (Fsp3) is 0.417. The second kappa shape index (κ2) is 6.46. The molecule has 0 spiro atoms. The number of halogens is 1. The number of anilines is 1. The van der Waals surface area contributed by atoms with E-state index in [2.05, 4.69) is 0 Å². The average molecular weight is 270 g/mol. The molecule has 0 radical (unpaired) electrons. The number of amidine groups is 1. The van der Waals surface area contributed by atoms with E-state index in [-0.39, 0.29) is 19.0 Å². The number of nitrogens with two attached hydrogens (primary N) is 2. The zero-order chi connectivity index (χ0) is 14.5. The van der Waals surface area contributed by atoms with Crippen LogP contribution in [0.2, 0.25) is 0 Å². The molecule has 5 N–H and O–H groups in total. The van der Waals surface area contributed by atoms with E-state index in [1.165, 1.54) is 24.3 Å². The van der Waals surface area contributed by atoms with E-state index in [9.17, 15) is 4.39 Å². The Morgan fingerprint density at radius 3 is 2.11 bits per heavy atom. The minimum atomic E-state index is -1.69. The van der Waals surface area contributed by atoms with Crippen molar-refractivity contribution in [3.8, 4) is 0 Å². The minimum absolute atomic E-state index is 0.245. The number of hydrazine groups is 1. The van der Waals surface area contributed by atoms with Gasteiger partial charge in [-0.25, -0.2) is 15.2 Å². The largest absolute Gasteiger partial charge is 0.381 e. The van der Waals surface area contributed by atoms with Crippen LogP contribution in [-0.4, -0.2) is 25.0 Å². The van der Waals surface area contributed by atoms with Crippen LogP contribution >= 0.6 is 0 Å². The van der Waals surface area contributed by atoms with Gasteiger partial charge in [-0.2, -0.15) is 0 Å². The number of nitrogens with zero attached hydrogens (tertiary/aromatic N) is 1. The van der Waals surface area contributed by atoms with E-state index in [1.54, 1.807) is 13.8 Å². The predicted octanol–water partition coefficient (Wildman–Crippen LogP) is 1.17.